The summed E-state index contributed by atoms with van der Waals surface area (Å²) in [7, 11) is 1.81. The Kier molecular flexibility index (Phi) is 4.71. The number of amides is 1. The van der Waals surface area contributed by atoms with Crippen molar-refractivity contribution >= 4 is 29.0 Å². The average Bonchev–Trinajstić information content (AvgIpc) is 3.46. The van der Waals surface area contributed by atoms with Gasteiger partial charge in [0.25, 0.3) is 5.91 Å². The van der Waals surface area contributed by atoms with Gasteiger partial charge in [0.1, 0.15) is 11.4 Å². The minimum absolute atomic E-state index is 0.159. The molecule has 4 aromatic rings. The largest absolute Gasteiger partial charge is 0.376 e. The van der Waals surface area contributed by atoms with E-state index in [1.807, 2.05) is 19.2 Å². The summed E-state index contributed by atoms with van der Waals surface area (Å²) in [6, 6.07) is 9.15. The topological polar surface area (TPSA) is 85.2 Å². The summed E-state index contributed by atoms with van der Waals surface area (Å²) in [5.74, 6) is -0.835. The van der Waals surface area contributed by atoms with Gasteiger partial charge in [-0.2, -0.15) is 5.10 Å². The molecule has 1 spiro atoms. The molecule has 0 aliphatic carbocycles. The van der Waals surface area contributed by atoms with Crippen LogP contribution in [0.4, 0.5) is 20.5 Å². The predicted molar refractivity (Wildman–Crippen MR) is 121 cm³/mol. The third kappa shape index (κ3) is 3.19. The Morgan fingerprint density at radius 3 is 2.71 bits per heavy atom. The zero-order valence-corrected chi connectivity index (χ0v) is 18.8. The van der Waals surface area contributed by atoms with Crippen LogP contribution >= 0.6 is 11.3 Å². The fourth-order valence-corrected chi connectivity index (χ4v) is 5.57. The number of thiophene rings is 1. The van der Waals surface area contributed by atoms with Gasteiger partial charge in [0, 0.05) is 30.7 Å². The first-order valence-electron chi connectivity index (χ1n) is 10.5. The minimum atomic E-state index is -0.931. The van der Waals surface area contributed by atoms with Crippen molar-refractivity contribution in [1.82, 2.24) is 24.6 Å². The van der Waals surface area contributed by atoms with E-state index in [1.165, 1.54) is 17.4 Å². The number of rotatable bonds is 5. The number of nitrogens with zero attached hydrogens (tertiary/aromatic N) is 5. The lowest BCUT2D eigenvalue weighted by atomic mass is 9.94. The molecule has 0 saturated carbocycles. The zero-order chi connectivity index (χ0) is 23.4. The zero-order valence-electron chi connectivity index (χ0n) is 18.0. The fourth-order valence-electron chi connectivity index (χ4n) is 4.28. The summed E-state index contributed by atoms with van der Waals surface area (Å²) in [6.45, 7) is 0.876. The Hall–Kier alpha value is -3.70. The second-order valence-electron chi connectivity index (χ2n) is 8.25. The molecule has 0 atom stereocenters. The van der Waals surface area contributed by atoms with Crippen LogP contribution in [-0.2, 0) is 23.9 Å². The molecule has 1 N–H and O–H groups in total. The highest BCUT2D eigenvalue weighted by molar-refractivity contribution is 7.16. The number of anilines is 2. The summed E-state index contributed by atoms with van der Waals surface area (Å²) in [4.78, 5) is 25.7. The van der Waals surface area contributed by atoms with Crippen LogP contribution in [0.15, 0.2) is 48.8 Å². The summed E-state index contributed by atoms with van der Waals surface area (Å²) in [5.41, 5.74) is 1.19. The highest BCUT2D eigenvalue weighted by atomic mass is 32.1. The normalized spacial score (nSPS) is 16.1. The number of benzene rings is 1. The van der Waals surface area contributed by atoms with Gasteiger partial charge in [0.15, 0.2) is 11.6 Å². The molecule has 8 nitrogen and oxygen atoms in total. The second-order valence-corrected chi connectivity index (χ2v) is 9.30. The van der Waals surface area contributed by atoms with E-state index >= 15 is 0 Å². The van der Waals surface area contributed by atoms with Gasteiger partial charge < -0.3 is 15.0 Å². The lowest BCUT2D eigenvalue weighted by Crippen LogP contribution is -2.56. The Balaban J connectivity index is 1.31. The number of halogens is 2. The van der Waals surface area contributed by atoms with Crippen molar-refractivity contribution in [2.45, 2.75) is 12.1 Å². The molecular weight excluding hydrogens is 462 g/mol. The van der Waals surface area contributed by atoms with Crippen molar-refractivity contribution in [2.24, 2.45) is 7.05 Å². The number of fused-ring (bicyclic) bond motifs is 2. The van der Waals surface area contributed by atoms with Gasteiger partial charge in [-0.05, 0) is 29.8 Å². The number of aromatic nitrogens is 4. The van der Waals surface area contributed by atoms with Gasteiger partial charge in [-0.15, -0.1) is 11.3 Å². The monoisotopic (exact) mass is 480 g/mol. The molecule has 1 aromatic carbocycles. The maximum atomic E-state index is 13.7. The second kappa shape index (κ2) is 7.67. The van der Waals surface area contributed by atoms with Crippen molar-refractivity contribution < 1.29 is 18.3 Å². The summed E-state index contributed by atoms with van der Waals surface area (Å²) >= 11 is 1.49. The average molecular weight is 481 g/mol. The fraction of sp³-hybridized carbons (Fsp3) is 0.217. The van der Waals surface area contributed by atoms with Crippen LogP contribution in [0.1, 0.15) is 20.8 Å². The van der Waals surface area contributed by atoms with E-state index in [9.17, 15) is 13.6 Å². The van der Waals surface area contributed by atoms with Crippen molar-refractivity contribution in [2.75, 3.05) is 18.5 Å². The smallest absolute Gasteiger partial charge is 0.256 e. The predicted octanol–water partition coefficient (Wildman–Crippen LogP) is 3.84. The highest BCUT2D eigenvalue weighted by Gasteiger charge is 2.56. The van der Waals surface area contributed by atoms with Crippen molar-refractivity contribution in [3.63, 3.8) is 0 Å². The molecule has 1 saturated heterocycles. The van der Waals surface area contributed by atoms with Crippen molar-refractivity contribution in [1.29, 1.82) is 0 Å². The number of carbonyl (C=O) groups is 1. The standard InChI is InChI=1S/C23H18F2N6O2S/c1-30-19(5-7-27-30)29-22-26-6-4-17(28-22)18-9-14-20(34-18)23(11-33-12-23)31(21(14)32)10-13-2-3-15(24)16(25)8-13/h2-9H,10-12H2,1H3,(H,26,28,29). The third-order valence-corrected chi connectivity index (χ3v) is 7.47. The van der Waals surface area contributed by atoms with E-state index < -0.39 is 17.2 Å². The van der Waals surface area contributed by atoms with Crippen LogP contribution in [0.2, 0.25) is 0 Å². The van der Waals surface area contributed by atoms with E-state index in [0.29, 0.717) is 36.0 Å². The Labute approximate surface area is 196 Å². The number of aryl methyl sites for hydroxylation is 1. The Morgan fingerprint density at radius 2 is 2.00 bits per heavy atom. The van der Waals surface area contributed by atoms with Crippen LogP contribution in [0.25, 0.3) is 10.6 Å². The quantitative estimate of drug-likeness (QED) is 0.467. The molecule has 5 heterocycles. The van der Waals surface area contributed by atoms with Crippen LogP contribution in [0.5, 0.6) is 0 Å². The molecule has 1 amide bonds. The van der Waals surface area contributed by atoms with Crippen molar-refractivity contribution in [3.8, 4) is 10.6 Å². The van der Waals surface area contributed by atoms with Crippen LogP contribution < -0.4 is 5.32 Å². The number of hydrogen-bond acceptors (Lipinski definition) is 7. The Morgan fingerprint density at radius 1 is 1.15 bits per heavy atom. The molecule has 11 heteroatoms. The molecule has 1 fully saturated rings. The minimum Gasteiger partial charge on any atom is -0.376 e. The first kappa shape index (κ1) is 20.9. The first-order valence-corrected chi connectivity index (χ1v) is 11.3. The summed E-state index contributed by atoms with van der Waals surface area (Å²) in [5, 5.41) is 7.25. The molecule has 2 aliphatic rings. The maximum Gasteiger partial charge on any atom is 0.256 e. The molecule has 172 valence electrons. The molecule has 3 aromatic heterocycles. The van der Waals surface area contributed by atoms with Gasteiger partial charge in [-0.25, -0.2) is 18.7 Å². The van der Waals surface area contributed by atoms with Gasteiger partial charge in [-0.3, -0.25) is 9.48 Å². The number of nitrogens with one attached hydrogen (secondary N) is 1. The van der Waals surface area contributed by atoms with Crippen LogP contribution in [-0.4, -0.2) is 43.8 Å². The van der Waals surface area contributed by atoms with Crippen LogP contribution in [0.3, 0.4) is 0 Å². The maximum absolute atomic E-state index is 13.7. The highest BCUT2D eigenvalue weighted by Crippen LogP contribution is 2.50. The lowest BCUT2D eigenvalue weighted by molar-refractivity contribution is -0.126. The molecule has 6 rings (SSSR count). The molecule has 2 aliphatic heterocycles. The number of hydrogen-bond donors (Lipinski definition) is 1. The van der Waals surface area contributed by atoms with Gasteiger partial charge in [-0.1, -0.05) is 6.07 Å². The van der Waals surface area contributed by atoms with E-state index in [2.05, 4.69) is 20.4 Å². The molecular formula is C23H18F2N6O2S. The van der Waals surface area contributed by atoms with Gasteiger partial charge in [0.05, 0.1) is 35.5 Å². The molecule has 0 bridgehead atoms. The van der Waals surface area contributed by atoms with Gasteiger partial charge in [0.2, 0.25) is 5.95 Å². The summed E-state index contributed by atoms with van der Waals surface area (Å²) in [6.07, 6.45) is 3.33. The lowest BCUT2D eigenvalue weighted by Gasteiger charge is -2.45. The molecule has 34 heavy (non-hydrogen) atoms. The van der Waals surface area contributed by atoms with Crippen LogP contribution in [0, 0.1) is 11.6 Å². The van der Waals surface area contributed by atoms with E-state index in [0.717, 1.165) is 27.7 Å². The molecule has 0 unspecified atom stereocenters. The third-order valence-electron chi connectivity index (χ3n) is 6.12. The Bertz CT molecular complexity index is 1430. The first-order chi connectivity index (χ1) is 16.4. The van der Waals surface area contributed by atoms with Crippen molar-refractivity contribution in [3.05, 3.63) is 76.4 Å². The molecule has 0 radical (unpaired) electrons. The number of carbonyl (C=O) groups excluding carboxylic acids is 1. The number of ether oxygens (including phenoxy) is 1. The SMILES string of the molecule is Cn1nccc1Nc1nccc(-c2cc3c(s2)C2(COC2)N(Cc2ccc(F)c(F)c2)C3=O)n1. The van der Waals surface area contributed by atoms with E-state index in [1.54, 1.807) is 28.0 Å². The van der Waals surface area contributed by atoms with E-state index in [4.69, 9.17) is 4.74 Å². The van der Waals surface area contributed by atoms with E-state index in [-0.39, 0.29) is 12.5 Å². The van der Waals surface area contributed by atoms with Gasteiger partial charge >= 0.3 is 0 Å². The summed E-state index contributed by atoms with van der Waals surface area (Å²) < 4.78 is 34.3.